The second-order valence-electron chi connectivity index (χ2n) is 4.16. The number of rotatable bonds is 4. The van der Waals surface area contributed by atoms with Gasteiger partial charge in [0.15, 0.2) is 0 Å². The van der Waals surface area contributed by atoms with E-state index >= 15 is 0 Å². The van der Waals surface area contributed by atoms with E-state index < -0.39 is 6.10 Å². The van der Waals surface area contributed by atoms with Gasteiger partial charge in [-0.05, 0) is 23.5 Å². The van der Waals surface area contributed by atoms with E-state index in [1.807, 2.05) is 26.0 Å². The summed E-state index contributed by atoms with van der Waals surface area (Å²) in [5, 5.41) is 11.8. The van der Waals surface area contributed by atoms with E-state index in [1.54, 1.807) is 0 Å². The zero-order valence-electron chi connectivity index (χ0n) is 9.29. The molecule has 77 valence electrons. The van der Waals surface area contributed by atoms with Crippen molar-refractivity contribution in [3.05, 3.63) is 35.4 Å². The Morgan fingerprint density at radius 1 is 1.29 bits per heavy atom. The summed E-state index contributed by atoms with van der Waals surface area (Å²) in [7, 11) is 0. The van der Waals surface area contributed by atoms with Crippen LogP contribution in [-0.4, -0.2) is 0 Å². The highest BCUT2D eigenvalue weighted by Gasteiger charge is 2.13. The van der Waals surface area contributed by atoms with Crippen molar-refractivity contribution >= 4 is 0 Å². The highest BCUT2D eigenvalue weighted by Crippen LogP contribution is 2.22. The molecule has 0 N–H and O–H groups in total. The molecule has 1 aromatic carbocycles. The van der Waals surface area contributed by atoms with Crippen molar-refractivity contribution in [2.75, 3.05) is 0 Å². The Hall–Kier alpha value is -0.820. The third kappa shape index (κ3) is 2.85. The first-order chi connectivity index (χ1) is 6.65. The molecule has 0 amide bonds. The van der Waals surface area contributed by atoms with Gasteiger partial charge in [0.25, 0.3) is 0 Å². The van der Waals surface area contributed by atoms with Crippen molar-refractivity contribution in [2.45, 2.75) is 39.7 Å². The van der Waals surface area contributed by atoms with Gasteiger partial charge in [-0.2, -0.15) is 0 Å². The molecular weight excluding hydrogens is 172 g/mol. The molecule has 0 fully saturated rings. The van der Waals surface area contributed by atoms with Crippen molar-refractivity contribution in [3.63, 3.8) is 0 Å². The Labute approximate surface area is 86.8 Å². The molecule has 1 radical (unpaired) electrons. The average Bonchev–Trinajstić information content (AvgIpc) is 2.17. The van der Waals surface area contributed by atoms with Crippen LogP contribution in [0.1, 0.15) is 44.4 Å². The van der Waals surface area contributed by atoms with Gasteiger partial charge < -0.3 is 0 Å². The van der Waals surface area contributed by atoms with Crippen molar-refractivity contribution in [3.8, 4) is 0 Å². The van der Waals surface area contributed by atoms with E-state index in [-0.39, 0.29) is 5.92 Å². The van der Waals surface area contributed by atoms with Crippen LogP contribution in [0, 0.1) is 5.92 Å². The Morgan fingerprint density at radius 3 is 2.57 bits per heavy atom. The minimum Gasteiger partial charge on any atom is -0.228 e. The van der Waals surface area contributed by atoms with Gasteiger partial charge in [-0.1, -0.05) is 51.5 Å². The summed E-state index contributed by atoms with van der Waals surface area (Å²) < 4.78 is 0. The Bertz CT molecular complexity index is 278. The predicted molar refractivity (Wildman–Crippen MR) is 58.7 cm³/mol. The molecule has 0 aliphatic carbocycles. The van der Waals surface area contributed by atoms with Crippen LogP contribution < -0.4 is 0 Å². The van der Waals surface area contributed by atoms with Gasteiger partial charge >= 0.3 is 0 Å². The summed E-state index contributed by atoms with van der Waals surface area (Å²) >= 11 is 0. The number of aryl methyl sites for hydroxylation is 1. The Morgan fingerprint density at radius 2 is 2.00 bits per heavy atom. The fraction of sp³-hybridized carbons (Fsp3) is 0.538. The molecule has 0 aliphatic rings. The maximum atomic E-state index is 11.8. The monoisotopic (exact) mass is 191 g/mol. The number of benzene rings is 1. The molecule has 1 nitrogen and oxygen atoms in total. The summed E-state index contributed by atoms with van der Waals surface area (Å²) in [5.74, 6) is 0.173. The first kappa shape index (κ1) is 11.3. The number of hydrogen-bond donors (Lipinski definition) is 0. The summed E-state index contributed by atoms with van der Waals surface area (Å²) in [6.07, 6.45) is 1.62. The lowest BCUT2D eigenvalue weighted by atomic mass is 9.96. The molecule has 0 saturated heterocycles. The van der Waals surface area contributed by atoms with Crippen molar-refractivity contribution in [1.29, 1.82) is 0 Å². The Kier molecular flexibility index (Phi) is 4.15. The second kappa shape index (κ2) is 5.16. The predicted octanol–water partition coefficient (Wildman–Crippen LogP) is 3.77. The molecule has 0 aromatic heterocycles. The molecule has 1 aromatic rings. The SMILES string of the molecule is CCCc1cccc(C([O])C(C)C)c1. The van der Waals surface area contributed by atoms with Crippen molar-refractivity contribution in [1.82, 2.24) is 0 Å². The minimum atomic E-state index is -0.577. The third-order valence-corrected chi connectivity index (χ3v) is 2.42. The summed E-state index contributed by atoms with van der Waals surface area (Å²) in [6, 6.07) is 8.09. The fourth-order valence-corrected chi connectivity index (χ4v) is 1.60. The molecule has 1 heteroatoms. The molecule has 1 atom stereocenters. The van der Waals surface area contributed by atoms with Crippen molar-refractivity contribution < 1.29 is 5.11 Å². The smallest absolute Gasteiger partial charge is 0.120 e. The maximum absolute atomic E-state index is 11.8. The van der Waals surface area contributed by atoms with Gasteiger partial charge in [-0.25, -0.2) is 5.11 Å². The summed E-state index contributed by atoms with van der Waals surface area (Å²) in [4.78, 5) is 0. The van der Waals surface area contributed by atoms with E-state index in [9.17, 15) is 5.11 Å². The van der Waals surface area contributed by atoms with Crippen LogP contribution in [0.2, 0.25) is 0 Å². The Balaban J connectivity index is 2.82. The minimum absolute atomic E-state index is 0.173. The molecule has 14 heavy (non-hydrogen) atoms. The molecule has 0 bridgehead atoms. The van der Waals surface area contributed by atoms with E-state index in [0.29, 0.717) is 0 Å². The lowest BCUT2D eigenvalue weighted by Crippen LogP contribution is -2.04. The molecule has 0 aliphatic heterocycles. The lowest BCUT2D eigenvalue weighted by molar-refractivity contribution is 0.0487. The maximum Gasteiger partial charge on any atom is 0.120 e. The van der Waals surface area contributed by atoms with Gasteiger partial charge in [0.2, 0.25) is 0 Å². The molecule has 0 spiro atoms. The average molecular weight is 191 g/mol. The van der Waals surface area contributed by atoms with E-state index in [0.717, 1.165) is 18.4 Å². The molecule has 1 unspecified atom stereocenters. The van der Waals surface area contributed by atoms with Crippen molar-refractivity contribution in [2.24, 2.45) is 5.92 Å². The molecule has 0 heterocycles. The van der Waals surface area contributed by atoms with Gasteiger partial charge in [0, 0.05) is 0 Å². The first-order valence-electron chi connectivity index (χ1n) is 5.39. The van der Waals surface area contributed by atoms with E-state index in [2.05, 4.69) is 19.1 Å². The number of hydrogen-bond acceptors (Lipinski definition) is 0. The largest absolute Gasteiger partial charge is 0.228 e. The fourth-order valence-electron chi connectivity index (χ4n) is 1.60. The zero-order valence-corrected chi connectivity index (χ0v) is 9.29. The van der Waals surface area contributed by atoms with E-state index in [1.165, 1.54) is 5.56 Å². The standard InChI is InChI=1S/C13H19O/c1-4-6-11-7-5-8-12(9-11)13(14)10(2)3/h5,7-10,13H,4,6H2,1-3H3. The van der Waals surface area contributed by atoms with Crippen LogP contribution in [-0.2, 0) is 11.5 Å². The molecule has 1 rings (SSSR count). The van der Waals surface area contributed by atoms with Crippen LogP contribution >= 0.6 is 0 Å². The highest BCUT2D eigenvalue weighted by atomic mass is 16.3. The lowest BCUT2D eigenvalue weighted by Gasteiger charge is -2.13. The van der Waals surface area contributed by atoms with Crippen LogP contribution in [0.15, 0.2) is 24.3 Å². The van der Waals surface area contributed by atoms with Gasteiger partial charge in [-0.15, -0.1) is 0 Å². The topological polar surface area (TPSA) is 19.9 Å². The van der Waals surface area contributed by atoms with Crippen LogP contribution in [0.5, 0.6) is 0 Å². The van der Waals surface area contributed by atoms with Crippen LogP contribution in [0.25, 0.3) is 0 Å². The molecular formula is C13H19O. The van der Waals surface area contributed by atoms with Crippen LogP contribution in [0.3, 0.4) is 0 Å². The third-order valence-electron chi connectivity index (χ3n) is 2.42. The second-order valence-corrected chi connectivity index (χ2v) is 4.16. The first-order valence-corrected chi connectivity index (χ1v) is 5.39. The van der Waals surface area contributed by atoms with Gasteiger partial charge in [-0.3, -0.25) is 0 Å². The highest BCUT2D eigenvalue weighted by molar-refractivity contribution is 5.25. The normalized spacial score (nSPS) is 13.2. The van der Waals surface area contributed by atoms with E-state index in [4.69, 9.17) is 0 Å². The quantitative estimate of drug-likeness (QED) is 0.690. The van der Waals surface area contributed by atoms with Crippen LogP contribution in [0.4, 0.5) is 0 Å². The molecule has 0 saturated carbocycles. The summed E-state index contributed by atoms with van der Waals surface area (Å²) in [6.45, 7) is 6.11. The zero-order chi connectivity index (χ0) is 10.6. The summed E-state index contributed by atoms with van der Waals surface area (Å²) in [5.41, 5.74) is 2.22. The van der Waals surface area contributed by atoms with Gasteiger partial charge in [0.05, 0.1) is 0 Å². The van der Waals surface area contributed by atoms with Gasteiger partial charge in [0.1, 0.15) is 6.10 Å².